The minimum Gasteiger partial charge on any atom is -0.333 e. The van der Waals surface area contributed by atoms with E-state index in [1.54, 1.807) is 0 Å². The molecule has 0 fully saturated rings. The highest BCUT2D eigenvalue weighted by atomic mass is 15.2. The zero-order valence-electron chi connectivity index (χ0n) is 36.7. The molecule has 66 heavy (non-hydrogen) atoms. The van der Waals surface area contributed by atoms with E-state index >= 15 is 0 Å². The van der Waals surface area contributed by atoms with E-state index in [0.29, 0.717) is 0 Å². The van der Waals surface area contributed by atoms with Crippen LogP contribution in [0, 0.1) is 0 Å². The van der Waals surface area contributed by atoms with Gasteiger partial charge in [0.2, 0.25) is 0 Å². The third-order valence-electron chi connectivity index (χ3n) is 15.0. The maximum atomic E-state index is 2.73. The lowest BCUT2D eigenvalue weighted by Gasteiger charge is -2.35. The lowest BCUT2D eigenvalue weighted by molar-refractivity contribution is 0.743. The van der Waals surface area contributed by atoms with E-state index in [1.165, 1.54) is 122 Å². The van der Waals surface area contributed by atoms with Crippen molar-refractivity contribution in [3.05, 3.63) is 246 Å². The Balaban J connectivity index is 1.02. The van der Waals surface area contributed by atoms with Crippen LogP contribution in [-0.2, 0) is 25.7 Å². The van der Waals surface area contributed by atoms with Crippen LogP contribution in [0.15, 0.2) is 218 Å². The third-order valence-corrected chi connectivity index (χ3v) is 15.0. The van der Waals surface area contributed by atoms with E-state index in [2.05, 4.69) is 228 Å². The number of aryl methyl sites for hydroxylation is 3. The second kappa shape index (κ2) is 14.8. The van der Waals surface area contributed by atoms with Crippen LogP contribution < -0.4 is 4.90 Å². The summed E-state index contributed by atoms with van der Waals surface area (Å²) in [6.07, 6.45) is 13.5. The SMILES string of the molecule is C1=CC2c3cc4c5c(c3N(c3cc(-c6ccccc6)cc(-c6ccccc6)c3)C2C=C1)CCc1cc2c3ccccc3n(-c3cc(-c6ccccc6)cc(-c6ccccc6)c3)c2c(c1-5)CC4. The highest BCUT2D eigenvalue weighted by molar-refractivity contribution is 6.13. The number of hydrogen-bond donors (Lipinski definition) is 0. The molecule has 312 valence electrons. The Morgan fingerprint density at radius 1 is 0.379 bits per heavy atom. The second-order valence-corrected chi connectivity index (χ2v) is 18.6. The molecule has 2 unspecified atom stereocenters. The van der Waals surface area contributed by atoms with Crippen molar-refractivity contribution in [3.8, 4) is 61.3 Å². The van der Waals surface area contributed by atoms with Gasteiger partial charge in [-0.2, -0.15) is 0 Å². The van der Waals surface area contributed by atoms with E-state index in [0.717, 1.165) is 25.7 Å². The fourth-order valence-electron chi connectivity index (χ4n) is 12.2. The molecule has 10 aromatic rings. The van der Waals surface area contributed by atoms with E-state index in [-0.39, 0.29) is 12.0 Å². The molecule has 0 radical (unpaired) electrons. The number of nitrogens with zero attached hydrogens (tertiary/aromatic N) is 2. The van der Waals surface area contributed by atoms with Gasteiger partial charge < -0.3 is 9.47 Å². The van der Waals surface area contributed by atoms with E-state index < -0.39 is 0 Å². The van der Waals surface area contributed by atoms with Gasteiger partial charge in [0.1, 0.15) is 0 Å². The van der Waals surface area contributed by atoms with Crippen LogP contribution in [0.25, 0.3) is 83.1 Å². The minimum absolute atomic E-state index is 0.196. The molecule has 2 heterocycles. The van der Waals surface area contributed by atoms with Gasteiger partial charge in [-0.1, -0.05) is 170 Å². The summed E-state index contributed by atoms with van der Waals surface area (Å²) in [5.41, 5.74) is 26.9. The van der Waals surface area contributed by atoms with Gasteiger partial charge in [-0.05, 0) is 158 Å². The lowest BCUT2D eigenvalue weighted by Crippen LogP contribution is -2.29. The number of para-hydroxylation sites is 1. The average Bonchev–Trinajstić information content (AvgIpc) is 3.91. The highest BCUT2D eigenvalue weighted by Crippen LogP contribution is 2.57. The summed E-state index contributed by atoms with van der Waals surface area (Å²) >= 11 is 0. The number of aromatic nitrogens is 1. The highest BCUT2D eigenvalue weighted by Gasteiger charge is 2.43. The number of fused-ring (bicyclic) bond motifs is 8. The van der Waals surface area contributed by atoms with Crippen molar-refractivity contribution in [1.82, 2.24) is 4.57 Å². The van der Waals surface area contributed by atoms with Crippen LogP contribution in [0.3, 0.4) is 0 Å². The quantitative estimate of drug-likeness (QED) is 0.162. The monoisotopic (exact) mass is 842 g/mol. The Bertz CT molecular complexity index is 3520. The molecule has 0 N–H and O–H groups in total. The first kappa shape index (κ1) is 37.4. The van der Waals surface area contributed by atoms with Crippen molar-refractivity contribution < 1.29 is 0 Å². The summed E-state index contributed by atoms with van der Waals surface area (Å²) in [6.45, 7) is 0. The average molecular weight is 843 g/mol. The summed E-state index contributed by atoms with van der Waals surface area (Å²) in [5, 5.41) is 2.69. The number of hydrogen-bond acceptors (Lipinski definition) is 1. The summed E-state index contributed by atoms with van der Waals surface area (Å²) in [4.78, 5) is 2.73. The number of anilines is 2. The fourth-order valence-corrected chi connectivity index (χ4v) is 12.2. The Morgan fingerprint density at radius 2 is 0.864 bits per heavy atom. The van der Waals surface area contributed by atoms with Gasteiger partial charge in [0.05, 0.1) is 17.1 Å². The van der Waals surface area contributed by atoms with Crippen molar-refractivity contribution in [1.29, 1.82) is 0 Å². The molecule has 9 aromatic carbocycles. The number of benzene rings is 9. The predicted octanol–water partition coefficient (Wildman–Crippen LogP) is 16.0. The molecule has 2 heteroatoms. The van der Waals surface area contributed by atoms with Gasteiger partial charge in [0.25, 0.3) is 0 Å². The molecule has 0 saturated carbocycles. The van der Waals surface area contributed by atoms with Crippen LogP contribution in [0.2, 0.25) is 0 Å². The van der Waals surface area contributed by atoms with Gasteiger partial charge in [0.15, 0.2) is 0 Å². The van der Waals surface area contributed by atoms with Crippen molar-refractivity contribution in [3.63, 3.8) is 0 Å². The van der Waals surface area contributed by atoms with Crippen molar-refractivity contribution in [2.75, 3.05) is 4.90 Å². The molecule has 2 nitrogen and oxygen atoms in total. The zero-order chi connectivity index (χ0) is 43.3. The number of allylic oxidation sites excluding steroid dienone is 2. The van der Waals surface area contributed by atoms with Crippen LogP contribution in [0.5, 0.6) is 0 Å². The molecule has 1 aromatic heterocycles. The molecule has 4 aliphatic rings. The maximum Gasteiger partial charge on any atom is 0.0629 e. The molecule has 0 amide bonds. The van der Waals surface area contributed by atoms with Crippen molar-refractivity contribution in [2.45, 2.75) is 37.6 Å². The molecule has 0 bridgehead atoms. The van der Waals surface area contributed by atoms with Crippen LogP contribution in [0.4, 0.5) is 11.4 Å². The first-order valence-corrected chi connectivity index (χ1v) is 23.7. The van der Waals surface area contributed by atoms with E-state index in [9.17, 15) is 0 Å². The third kappa shape index (κ3) is 5.74. The standard InChI is InChI=1S/C64H46N2/c1-5-17-41(18-6-1)47-33-48(42-19-7-2-8-20-42)36-51(35-47)65-59-27-15-13-25-53(59)57-39-45-30-32-56-62-46(29-31-55(61(45)62)63(57)65)40-58-54-26-14-16-28-60(54)66(64(56)58)52-37-49(43-21-9-3-10-22-43)34-50(38-52)44-23-11-4-12-24-44/h1-28,33-40,53,59H,29-32H2. The van der Waals surface area contributed by atoms with Crippen molar-refractivity contribution in [2.24, 2.45) is 0 Å². The summed E-state index contributed by atoms with van der Waals surface area (Å²) in [7, 11) is 0. The summed E-state index contributed by atoms with van der Waals surface area (Å²) in [6, 6.07) is 72.6. The Kier molecular flexibility index (Phi) is 8.40. The molecule has 3 aliphatic carbocycles. The molecular formula is C64H46N2. The van der Waals surface area contributed by atoms with Crippen LogP contribution in [0.1, 0.15) is 33.7 Å². The summed E-state index contributed by atoms with van der Waals surface area (Å²) in [5.74, 6) is 0.288. The number of rotatable bonds is 6. The van der Waals surface area contributed by atoms with Crippen LogP contribution >= 0.6 is 0 Å². The molecule has 0 spiro atoms. The first-order chi connectivity index (χ1) is 32.7. The molecule has 14 rings (SSSR count). The van der Waals surface area contributed by atoms with Crippen molar-refractivity contribution >= 4 is 33.2 Å². The maximum absolute atomic E-state index is 2.73. The van der Waals surface area contributed by atoms with E-state index in [4.69, 9.17) is 0 Å². The van der Waals surface area contributed by atoms with E-state index in [1.807, 2.05) is 0 Å². The van der Waals surface area contributed by atoms with Gasteiger partial charge in [-0.15, -0.1) is 0 Å². The normalized spacial score (nSPS) is 16.4. The molecular weight excluding hydrogens is 797 g/mol. The van der Waals surface area contributed by atoms with Gasteiger partial charge >= 0.3 is 0 Å². The van der Waals surface area contributed by atoms with Crippen LogP contribution in [-0.4, -0.2) is 10.6 Å². The second-order valence-electron chi connectivity index (χ2n) is 18.6. The van der Waals surface area contributed by atoms with Gasteiger partial charge in [0, 0.05) is 33.8 Å². The Labute approximate surface area is 386 Å². The zero-order valence-corrected chi connectivity index (χ0v) is 36.7. The van der Waals surface area contributed by atoms with Gasteiger partial charge in [-0.3, -0.25) is 0 Å². The fraction of sp³-hybridized carbons (Fsp3) is 0.0938. The largest absolute Gasteiger partial charge is 0.333 e. The predicted molar refractivity (Wildman–Crippen MR) is 276 cm³/mol. The first-order valence-electron chi connectivity index (χ1n) is 23.7. The van der Waals surface area contributed by atoms with Gasteiger partial charge in [-0.25, -0.2) is 0 Å². The summed E-state index contributed by atoms with van der Waals surface area (Å²) < 4.78 is 2.61. The topological polar surface area (TPSA) is 8.17 Å². The molecule has 2 atom stereocenters. The molecule has 0 saturated heterocycles. The Hall–Kier alpha value is -7.94. The Morgan fingerprint density at radius 3 is 1.45 bits per heavy atom. The molecule has 1 aliphatic heterocycles. The lowest BCUT2D eigenvalue weighted by atomic mass is 9.73. The smallest absolute Gasteiger partial charge is 0.0629 e. The minimum atomic E-state index is 0.196.